The molecule has 0 radical (unpaired) electrons. The molecule has 1 spiro atoms. The minimum atomic E-state index is -1.10. The number of ether oxygens (including phenoxy) is 1. The zero-order valence-electron chi connectivity index (χ0n) is 11.9. The summed E-state index contributed by atoms with van der Waals surface area (Å²) in [4.78, 5) is 24.6. The summed E-state index contributed by atoms with van der Waals surface area (Å²) >= 11 is 0. The van der Waals surface area contributed by atoms with Gasteiger partial charge < -0.3 is 10.1 Å². The molecule has 0 saturated carbocycles. The molecule has 0 aliphatic carbocycles. The Hall–Kier alpha value is -1.68. The molecule has 1 N–H and O–H groups in total. The van der Waals surface area contributed by atoms with Gasteiger partial charge in [0.05, 0.1) is 6.10 Å². The van der Waals surface area contributed by atoms with Crippen LogP contribution in [0.4, 0.5) is 5.69 Å². The Bertz CT molecular complexity index is 581. The summed E-state index contributed by atoms with van der Waals surface area (Å²) in [6, 6.07) is 5.73. The molecule has 4 nitrogen and oxygen atoms in total. The van der Waals surface area contributed by atoms with Gasteiger partial charge in [0.1, 0.15) is 5.78 Å². The highest BCUT2D eigenvalue weighted by Gasteiger charge is 2.53. The van der Waals surface area contributed by atoms with Gasteiger partial charge in [-0.15, -0.1) is 0 Å². The number of Topliss-reactive ketones (excluding diaryl/α,β-unsaturated/α-hetero) is 1. The van der Waals surface area contributed by atoms with Gasteiger partial charge in [-0.2, -0.15) is 0 Å². The summed E-state index contributed by atoms with van der Waals surface area (Å²) in [7, 11) is 0. The van der Waals surface area contributed by atoms with E-state index in [0.717, 1.165) is 29.7 Å². The van der Waals surface area contributed by atoms with Crippen LogP contribution in [0.1, 0.15) is 43.7 Å². The van der Waals surface area contributed by atoms with E-state index in [0.29, 0.717) is 6.42 Å². The lowest BCUT2D eigenvalue weighted by molar-refractivity contribution is -0.170. The number of carbonyl (C=O) groups excluding carboxylic acids is 2. The molecule has 2 aliphatic heterocycles. The van der Waals surface area contributed by atoms with Crippen LogP contribution in [-0.4, -0.2) is 17.8 Å². The van der Waals surface area contributed by atoms with Crippen LogP contribution in [0, 0.1) is 6.92 Å². The predicted molar refractivity (Wildman–Crippen MR) is 75.5 cm³/mol. The zero-order chi connectivity index (χ0) is 14.3. The van der Waals surface area contributed by atoms with E-state index in [-0.39, 0.29) is 24.2 Å². The minimum absolute atomic E-state index is 0.112. The topological polar surface area (TPSA) is 55.4 Å². The van der Waals surface area contributed by atoms with Crippen LogP contribution in [0.2, 0.25) is 0 Å². The Morgan fingerprint density at radius 2 is 2.20 bits per heavy atom. The second kappa shape index (κ2) is 4.70. The second-order valence-corrected chi connectivity index (χ2v) is 5.73. The normalized spacial score (nSPS) is 28.6. The fourth-order valence-corrected chi connectivity index (χ4v) is 3.38. The Balaban J connectivity index is 2.07. The molecule has 2 unspecified atom stereocenters. The summed E-state index contributed by atoms with van der Waals surface area (Å²) in [6.07, 6.45) is 2.16. The fraction of sp³-hybridized carbons (Fsp3) is 0.500. The lowest BCUT2D eigenvalue weighted by Crippen LogP contribution is -2.47. The average Bonchev–Trinajstić information content (AvgIpc) is 2.63. The van der Waals surface area contributed by atoms with Crippen LogP contribution in [0.15, 0.2) is 18.2 Å². The third-order valence-electron chi connectivity index (χ3n) is 4.17. The van der Waals surface area contributed by atoms with Crippen molar-refractivity contribution in [2.75, 3.05) is 5.32 Å². The molecule has 0 bridgehead atoms. The quantitative estimate of drug-likeness (QED) is 0.901. The standard InChI is InChI=1S/C16H19NO3/c1-3-5-12-8-11(18)9-16(20-12)14-10(2)6-4-7-13(14)17-15(16)19/h4,6-7,12H,3,5,8-9H2,1-2H3,(H,17,19). The van der Waals surface area contributed by atoms with Gasteiger partial charge >= 0.3 is 0 Å². The van der Waals surface area contributed by atoms with Crippen molar-refractivity contribution in [2.45, 2.75) is 51.2 Å². The molecule has 0 aromatic heterocycles. The summed E-state index contributed by atoms with van der Waals surface area (Å²) in [5.41, 5.74) is 1.51. The van der Waals surface area contributed by atoms with Gasteiger partial charge in [0.2, 0.25) is 0 Å². The Morgan fingerprint density at radius 1 is 1.40 bits per heavy atom. The van der Waals surface area contributed by atoms with Crippen molar-refractivity contribution < 1.29 is 14.3 Å². The number of ketones is 1. The first-order valence-electron chi connectivity index (χ1n) is 7.18. The van der Waals surface area contributed by atoms with Gasteiger partial charge in [0.15, 0.2) is 5.60 Å². The molecule has 1 amide bonds. The van der Waals surface area contributed by atoms with Crippen molar-refractivity contribution in [2.24, 2.45) is 0 Å². The molecule has 1 aromatic carbocycles. The largest absolute Gasteiger partial charge is 0.356 e. The molecule has 4 heteroatoms. The van der Waals surface area contributed by atoms with Crippen molar-refractivity contribution in [3.8, 4) is 0 Å². The number of anilines is 1. The average molecular weight is 273 g/mol. The number of rotatable bonds is 2. The van der Waals surface area contributed by atoms with Crippen molar-refractivity contribution in [3.63, 3.8) is 0 Å². The van der Waals surface area contributed by atoms with Crippen LogP contribution >= 0.6 is 0 Å². The maximum absolute atomic E-state index is 12.5. The molecular weight excluding hydrogens is 254 g/mol. The van der Waals surface area contributed by atoms with E-state index < -0.39 is 5.60 Å². The number of hydrogen-bond acceptors (Lipinski definition) is 3. The van der Waals surface area contributed by atoms with E-state index in [1.807, 2.05) is 25.1 Å². The minimum Gasteiger partial charge on any atom is -0.356 e. The van der Waals surface area contributed by atoms with Gasteiger partial charge in [-0.3, -0.25) is 9.59 Å². The number of carbonyl (C=O) groups is 2. The van der Waals surface area contributed by atoms with E-state index in [1.54, 1.807) is 0 Å². The van der Waals surface area contributed by atoms with E-state index in [1.165, 1.54) is 0 Å². The van der Waals surface area contributed by atoms with Gasteiger partial charge in [0, 0.05) is 24.1 Å². The second-order valence-electron chi connectivity index (χ2n) is 5.73. The summed E-state index contributed by atoms with van der Waals surface area (Å²) in [5.74, 6) is -0.0862. The molecule has 2 atom stereocenters. The molecule has 106 valence electrons. The smallest absolute Gasteiger partial charge is 0.261 e. The highest BCUT2D eigenvalue weighted by molar-refractivity contribution is 6.08. The van der Waals surface area contributed by atoms with Gasteiger partial charge in [-0.05, 0) is 25.0 Å². The third kappa shape index (κ3) is 1.86. The monoisotopic (exact) mass is 273 g/mol. The Kier molecular flexibility index (Phi) is 3.13. The molecule has 1 fully saturated rings. The lowest BCUT2D eigenvalue weighted by Gasteiger charge is -2.36. The van der Waals surface area contributed by atoms with Gasteiger partial charge in [-0.25, -0.2) is 0 Å². The molecular formula is C16H19NO3. The van der Waals surface area contributed by atoms with Crippen molar-refractivity contribution in [1.29, 1.82) is 0 Å². The third-order valence-corrected chi connectivity index (χ3v) is 4.17. The number of amides is 1. The zero-order valence-corrected chi connectivity index (χ0v) is 11.9. The maximum atomic E-state index is 12.5. The number of hydrogen-bond donors (Lipinski definition) is 1. The van der Waals surface area contributed by atoms with Gasteiger partial charge in [-0.1, -0.05) is 25.5 Å². The number of benzene rings is 1. The Morgan fingerprint density at radius 3 is 2.95 bits per heavy atom. The number of aryl methyl sites for hydroxylation is 1. The first-order chi connectivity index (χ1) is 9.56. The van der Waals surface area contributed by atoms with Crippen LogP contribution in [-0.2, 0) is 19.9 Å². The van der Waals surface area contributed by atoms with Crippen LogP contribution in [0.25, 0.3) is 0 Å². The van der Waals surface area contributed by atoms with Crippen LogP contribution in [0.5, 0.6) is 0 Å². The highest BCUT2D eigenvalue weighted by Crippen LogP contribution is 2.47. The van der Waals surface area contributed by atoms with E-state index in [9.17, 15) is 9.59 Å². The molecule has 20 heavy (non-hydrogen) atoms. The van der Waals surface area contributed by atoms with Crippen LogP contribution in [0.3, 0.4) is 0 Å². The van der Waals surface area contributed by atoms with E-state index >= 15 is 0 Å². The summed E-state index contributed by atoms with van der Waals surface area (Å²) in [5, 5.41) is 2.87. The lowest BCUT2D eigenvalue weighted by atomic mass is 9.82. The fourth-order valence-electron chi connectivity index (χ4n) is 3.38. The van der Waals surface area contributed by atoms with Crippen molar-refractivity contribution in [1.82, 2.24) is 0 Å². The van der Waals surface area contributed by atoms with E-state index in [2.05, 4.69) is 12.2 Å². The highest BCUT2D eigenvalue weighted by atomic mass is 16.5. The molecule has 1 saturated heterocycles. The predicted octanol–water partition coefficient (Wildman–Crippen LogP) is 2.69. The van der Waals surface area contributed by atoms with Crippen molar-refractivity contribution in [3.05, 3.63) is 29.3 Å². The van der Waals surface area contributed by atoms with Crippen LogP contribution < -0.4 is 5.32 Å². The molecule has 2 heterocycles. The Labute approximate surface area is 118 Å². The summed E-state index contributed by atoms with van der Waals surface area (Å²) in [6.45, 7) is 4.02. The van der Waals surface area contributed by atoms with Gasteiger partial charge in [0.25, 0.3) is 5.91 Å². The molecule has 1 aromatic rings. The number of nitrogens with one attached hydrogen (secondary N) is 1. The number of fused-ring (bicyclic) bond motifs is 2. The van der Waals surface area contributed by atoms with E-state index in [4.69, 9.17) is 4.74 Å². The molecule has 2 aliphatic rings. The maximum Gasteiger partial charge on any atom is 0.261 e. The SMILES string of the molecule is CCCC1CC(=O)CC2(O1)C(=O)Nc1cccc(C)c12. The van der Waals surface area contributed by atoms with Crippen molar-refractivity contribution >= 4 is 17.4 Å². The first kappa shape index (κ1) is 13.3. The summed E-state index contributed by atoms with van der Waals surface area (Å²) < 4.78 is 6.13. The first-order valence-corrected chi connectivity index (χ1v) is 7.18. The molecule has 3 rings (SSSR count).